The molecule has 4 aliphatic carbocycles. The van der Waals surface area contributed by atoms with Crippen LogP contribution in [0, 0.1) is 35.0 Å². The highest BCUT2D eigenvalue weighted by atomic mass is 15.1. The molecule has 0 saturated heterocycles. The molecule has 242 valence electrons. The van der Waals surface area contributed by atoms with E-state index in [2.05, 4.69) is 173 Å². The third kappa shape index (κ3) is 4.97. The second-order valence-corrected chi connectivity index (χ2v) is 15.3. The molecule has 48 heavy (non-hydrogen) atoms. The third-order valence-corrected chi connectivity index (χ3v) is 12.3. The molecule has 0 amide bonds. The van der Waals surface area contributed by atoms with E-state index in [4.69, 9.17) is 0 Å². The average Bonchev–Trinajstić information content (AvgIpc) is 3.34. The highest BCUT2D eigenvalue weighted by molar-refractivity contribution is 5.99. The summed E-state index contributed by atoms with van der Waals surface area (Å²) < 4.78 is 0. The topological polar surface area (TPSA) is 3.24 Å². The highest BCUT2D eigenvalue weighted by Crippen LogP contribution is 2.63. The summed E-state index contributed by atoms with van der Waals surface area (Å²) in [5, 5.41) is 2.53. The van der Waals surface area contributed by atoms with Gasteiger partial charge in [0.1, 0.15) is 0 Å². The van der Waals surface area contributed by atoms with Crippen LogP contribution in [0.3, 0.4) is 0 Å². The van der Waals surface area contributed by atoms with Gasteiger partial charge in [0.2, 0.25) is 0 Å². The number of rotatable bonds is 6. The molecule has 0 aliphatic heterocycles. The van der Waals surface area contributed by atoms with Gasteiger partial charge in [0.05, 0.1) is 5.69 Å². The summed E-state index contributed by atoms with van der Waals surface area (Å²) in [6.07, 6.45) is 22.3. The summed E-state index contributed by atoms with van der Waals surface area (Å²) >= 11 is 0. The predicted octanol–water partition coefficient (Wildman–Crippen LogP) is 12.9. The molecule has 0 heterocycles. The summed E-state index contributed by atoms with van der Waals surface area (Å²) in [6, 6.07) is 32.1. The zero-order valence-corrected chi connectivity index (χ0v) is 29.2. The van der Waals surface area contributed by atoms with Gasteiger partial charge in [-0.2, -0.15) is 0 Å². The fraction of sp³-hybridized carbons (Fsp3) is 0.319. The van der Waals surface area contributed by atoms with E-state index in [1.807, 2.05) is 0 Å². The molecule has 8 rings (SSSR count). The van der Waals surface area contributed by atoms with Gasteiger partial charge in [0.25, 0.3) is 0 Å². The van der Waals surface area contributed by atoms with E-state index in [-0.39, 0.29) is 5.41 Å². The Bertz CT molecular complexity index is 1990. The SMILES string of the molecule is C/C=C\C1C(CC)C2C3=C(C=CC2C1(C)C)c1cc(N(c2ccc(C4C=CC=CC4)cc2)c2cccc4ccccc24)ccc1CC3C. The van der Waals surface area contributed by atoms with Crippen LogP contribution in [0.5, 0.6) is 0 Å². The Labute approximate surface area is 288 Å². The predicted molar refractivity (Wildman–Crippen MR) is 206 cm³/mol. The van der Waals surface area contributed by atoms with Crippen molar-refractivity contribution in [2.45, 2.75) is 59.8 Å². The molecule has 1 heteroatoms. The molecule has 4 aliphatic rings. The van der Waals surface area contributed by atoms with Crippen molar-refractivity contribution in [3.63, 3.8) is 0 Å². The number of hydrogen-bond donors (Lipinski definition) is 0. The molecule has 6 atom stereocenters. The van der Waals surface area contributed by atoms with Crippen LogP contribution < -0.4 is 4.90 Å². The third-order valence-electron chi connectivity index (χ3n) is 12.3. The minimum Gasteiger partial charge on any atom is -0.310 e. The molecule has 1 nitrogen and oxygen atoms in total. The number of hydrogen-bond acceptors (Lipinski definition) is 1. The van der Waals surface area contributed by atoms with Gasteiger partial charge >= 0.3 is 0 Å². The molecule has 4 aromatic rings. The first-order chi connectivity index (χ1) is 23.4. The quantitative estimate of drug-likeness (QED) is 0.192. The van der Waals surface area contributed by atoms with Crippen LogP contribution in [-0.4, -0.2) is 0 Å². The van der Waals surface area contributed by atoms with Gasteiger partial charge in [-0.15, -0.1) is 0 Å². The number of benzene rings is 4. The number of allylic oxidation sites excluding steroid dienone is 10. The maximum absolute atomic E-state index is 2.60. The Balaban J connectivity index is 1.27. The second kappa shape index (κ2) is 12.3. The average molecular weight is 628 g/mol. The van der Waals surface area contributed by atoms with Crippen molar-refractivity contribution in [3.8, 4) is 0 Å². The molecular formula is C47H49N. The smallest absolute Gasteiger partial charge is 0.0540 e. The molecule has 0 bridgehead atoms. The fourth-order valence-corrected chi connectivity index (χ4v) is 10.0. The van der Waals surface area contributed by atoms with Crippen molar-refractivity contribution in [1.29, 1.82) is 0 Å². The molecule has 0 aromatic heterocycles. The van der Waals surface area contributed by atoms with Crippen LogP contribution in [0.1, 0.15) is 70.1 Å². The maximum Gasteiger partial charge on any atom is 0.0540 e. The standard InChI is InChI=1S/C47H49N/c1-6-14-42-38(7-2)46-43(47(42,4)5)28-27-40-41-30-37(26-23-35(41)29-31(3)45(40)46)48(44-20-13-18-34-17-11-12-19-39(34)44)36-24-21-33(22-25-36)32-15-9-8-10-16-32/h6,8-15,17-28,30-32,38,42-43,46H,7,16,29H2,1-5H3/b14-6-. The van der Waals surface area contributed by atoms with Crippen molar-refractivity contribution >= 4 is 33.4 Å². The molecule has 0 radical (unpaired) electrons. The van der Waals surface area contributed by atoms with E-state index in [1.54, 1.807) is 5.57 Å². The van der Waals surface area contributed by atoms with Crippen molar-refractivity contribution in [3.05, 3.63) is 156 Å². The normalized spacial score (nSPS) is 26.9. The zero-order chi connectivity index (χ0) is 33.0. The Morgan fingerprint density at radius 2 is 1.67 bits per heavy atom. The molecule has 4 aromatic carbocycles. The van der Waals surface area contributed by atoms with Gasteiger partial charge < -0.3 is 4.90 Å². The van der Waals surface area contributed by atoms with E-state index in [9.17, 15) is 0 Å². The van der Waals surface area contributed by atoms with Crippen molar-refractivity contribution in [2.24, 2.45) is 35.0 Å². The van der Waals surface area contributed by atoms with Crippen LogP contribution in [-0.2, 0) is 6.42 Å². The van der Waals surface area contributed by atoms with Gasteiger partial charge in [0.15, 0.2) is 0 Å². The Morgan fingerprint density at radius 3 is 2.44 bits per heavy atom. The van der Waals surface area contributed by atoms with Gasteiger partial charge in [0, 0.05) is 22.7 Å². The maximum atomic E-state index is 2.60. The van der Waals surface area contributed by atoms with Gasteiger partial charge in [-0.05, 0) is 113 Å². The highest BCUT2D eigenvalue weighted by Gasteiger charge is 2.55. The minimum absolute atomic E-state index is 0.246. The summed E-state index contributed by atoms with van der Waals surface area (Å²) in [5.74, 6) is 3.44. The Kier molecular flexibility index (Phi) is 7.91. The Hall–Kier alpha value is -4.36. The summed E-state index contributed by atoms with van der Waals surface area (Å²) in [4.78, 5) is 2.49. The van der Waals surface area contributed by atoms with Crippen molar-refractivity contribution in [2.75, 3.05) is 4.90 Å². The fourth-order valence-electron chi connectivity index (χ4n) is 10.0. The van der Waals surface area contributed by atoms with E-state index in [0.717, 1.165) is 12.8 Å². The van der Waals surface area contributed by atoms with Crippen LogP contribution in [0.2, 0.25) is 0 Å². The monoisotopic (exact) mass is 627 g/mol. The summed E-state index contributed by atoms with van der Waals surface area (Å²) in [5.41, 5.74) is 11.4. The largest absolute Gasteiger partial charge is 0.310 e. The zero-order valence-electron chi connectivity index (χ0n) is 29.2. The van der Waals surface area contributed by atoms with Crippen molar-refractivity contribution in [1.82, 2.24) is 0 Å². The van der Waals surface area contributed by atoms with Crippen LogP contribution in [0.4, 0.5) is 17.1 Å². The molecule has 1 fully saturated rings. The summed E-state index contributed by atoms with van der Waals surface area (Å²) in [6.45, 7) is 12.2. The summed E-state index contributed by atoms with van der Waals surface area (Å²) in [7, 11) is 0. The lowest BCUT2D eigenvalue weighted by atomic mass is 9.64. The molecule has 6 unspecified atom stereocenters. The molecule has 0 spiro atoms. The number of anilines is 3. The van der Waals surface area contributed by atoms with Gasteiger partial charge in [-0.1, -0.05) is 143 Å². The van der Waals surface area contributed by atoms with Crippen molar-refractivity contribution < 1.29 is 0 Å². The van der Waals surface area contributed by atoms with Crippen LogP contribution in [0.25, 0.3) is 16.3 Å². The molecular weight excluding hydrogens is 579 g/mol. The van der Waals surface area contributed by atoms with E-state index >= 15 is 0 Å². The lowest BCUT2D eigenvalue weighted by Crippen LogP contribution is -2.30. The van der Waals surface area contributed by atoms with E-state index < -0.39 is 0 Å². The second-order valence-electron chi connectivity index (χ2n) is 15.3. The van der Waals surface area contributed by atoms with E-state index in [1.165, 1.54) is 56.5 Å². The van der Waals surface area contributed by atoms with Crippen LogP contribution >= 0.6 is 0 Å². The van der Waals surface area contributed by atoms with E-state index in [0.29, 0.717) is 35.5 Å². The first kappa shape index (κ1) is 30.9. The van der Waals surface area contributed by atoms with Gasteiger partial charge in [-0.3, -0.25) is 0 Å². The Morgan fingerprint density at radius 1 is 0.875 bits per heavy atom. The lowest BCUT2D eigenvalue weighted by Gasteiger charge is -2.40. The molecule has 1 saturated carbocycles. The first-order valence-electron chi connectivity index (χ1n) is 18.3. The van der Waals surface area contributed by atoms with Crippen LogP contribution in [0.15, 0.2) is 139 Å². The first-order valence-corrected chi connectivity index (χ1v) is 18.3. The minimum atomic E-state index is 0.246. The lowest BCUT2D eigenvalue weighted by molar-refractivity contribution is 0.230. The number of fused-ring (bicyclic) bond motifs is 5. The number of nitrogens with zero attached hydrogens (tertiary/aromatic N) is 1. The van der Waals surface area contributed by atoms with Gasteiger partial charge in [-0.25, -0.2) is 0 Å². The molecule has 0 N–H and O–H groups in total.